The van der Waals surface area contributed by atoms with E-state index in [0.717, 1.165) is 19.3 Å². The van der Waals surface area contributed by atoms with Gasteiger partial charge in [0.05, 0.1) is 10.4 Å². The minimum atomic E-state index is -2.95. The first kappa shape index (κ1) is 16.0. The second-order valence-corrected chi connectivity index (χ2v) is 5.80. The van der Waals surface area contributed by atoms with Crippen LogP contribution in [0.2, 0.25) is 5.02 Å². The van der Waals surface area contributed by atoms with Gasteiger partial charge < -0.3 is 15.8 Å². The molecule has 7 heteroatoms. The molecule has 4 nitrogen and oxygen atoms in total. The molecule has 0 bridgehead atoms. The number of benzene rings is 1. The summed E-state index contributed by atoms with van der Waals surface area (Å²) < 4.78 is 28.5. The number of hydrogen-bond acceptors (Lipinski definition) is 3. The molecule has 0 aliphatic heterocycles. The molecule has 1 aliphatic carbocycles. The molecule has 1 saturated carbocycles. The van der Waals surface area contributed by atoms with Gasteiger partial charge in [0, 0.05) is 11.7 Å². The molecule has 3 N–H and O–H groups in total. The maximum atomic E-state index is 12.3. The van der Waals surface area contributed by atoms with Gasteiger partial charge in [0.25, 0.3) is 0 Å². The van der Waals surface area contributed by atoms with Gasteiger partial charge in [0.1, 0.15) is 5.75 Å². The monoisotopic (exact) mass is 318 g/mol. The van der Waals surface area contributed by atoms with Gasteiger partial charge >= 0.3 is 6.61 Å². The summed E-state index contributed by atoms with van der Waals surface area (Å²) in [5.74, 6) is -0.320. The number of hydrogen-bond donors (Lipinski definition) is 2. The predicted molar refractivity (Wildman–Crippen MR) is 76.6 cm³/mol. The second kappa shape index (κ2) is 6.15. The van der Waals surface area contributed by atoms with Gasteiger partial charge in [0.2, 0.25) is 5.91 Å². The molecule has 0 spiro atoms. The number of anilines is 1. The van der Waals surface area contributed by atoms with Crippen LogP contribution in [0.4, 0.5) is 14.5 Å². The first-order chi connectivity index (χ1) is 9.83. The quantitative estimate of drug-likeness (QED) is 0.894. The Balaban J connectivity index is 2.10. The van der Waals surface area contributed by atoms with Crippen molar-refractivity contribution in [1.82, 2.24) is 0 Å². The minimum absolute atomic E-state index is 0.00831. The average molecular weight is 319 g/mol. The molecule has 2 unspecified atom stereocenters. The van der Waals surface area contributed by atoms with Crippen molar-refractivity contribution < 1.29 is 18.3 Å². The van der Waals surface area contributed by atoms with Crippen molar-refractivity contribution >= 4 is 23.2 Å². The number of carbonyl (C=O) groups is 1. The molecule has 1 aromatic carbocycles. The Hall–Kier alpha value is -1.40. The Morgan fingerprint density at radius 1 is 1.57 bits per heavy atom. The standard InChI is InChI=1S/C14H17ClF2N2O2/c1-14(6-2-3-11(14)18)12(20)19-8-4-5-10(9(15)7-8)21-13(16)17/h4-5,7,11,13H,2-3,6,18H2,1H3,(H,19,20). The molecule has 116 valence electrons. The van der Waals surface area contributed by atoms with E-state index in [1.54, 1.807) is 0 Å². The summed E-state index contributed by atoms with van der Waals surface area (Å²) in [7, 11) is 0. The normalized spacial score (nSPS) is 25.1. The highest BCUT2D eigenvalue weighted by molar-refractivity contribution is 6.32. The zero-order valence-corrected chi connectivity index (χ0v) is 12.3. The number of rotatable bonds is 4. The molecular formula is C14H17ClF2N2O2. The largest absolute Gasteiger partial charge is 0.433 e. The van der Waals surface area contributed by atoms with E-state index in [1.165, 1.54) is 18.2 Å². The zero-order valence-electron chi connectivity index (χ0n) is 11.5. The summed E-state index contributed by atoms with van der Waals surface area (Å²) in [6, 6.07) is 3.95. The Kier molecular flexibility index (Phi) is 4.68. The van der Waals surface area contributed by atoms with E-state index < -0.39 is 12.0 Å². The number of carbonyl (C=O) groups excluding carboxylic acids is 1. The molecule has 2 atom stereocenters. The number of amides is 1. The van der Waals surface area contributed by atoms with Crippen LogP contribution in [-0.2, 0) is 4.79 Å². The smallest absolute Gasteiger partial charge is 0.387 e. The Morgan fingerprint density at radius 3 is 2.81 bits per heavy atom. The van der Waals surface area contributed by atoms with Crippen molar-refractivity contribution in [2.45, 2.75) is 38.8 Å². The van der Waals surface area contributed by atoms with Crippen LogP contribution in [0.15, 0.2) is 18.2 Å². The van der Waals surface area contributed by atoms with Crippen molar-refractivity contribution in [1.29, 1.82) is 0 Å². The van der Waals surface area contributed by atoms with Gasteiger partial charge in [-0.2, -0.15) is 8.78 Å². The average Bonchev–Trinajstić information content (AvgIpc) is 2.74. The van der Waals surface area contributed by atoms with Crippen molar-refractivity contribution in [3.8, 4) is 5.75 Å². The molecule has 1 amide bonds. The van der Waals surface area contributed by atoms with E-state index in [0.29, 0.717) is 5.69 Å². The minimum Gasteiger partial charge on any atom is -0.433 e. The highest BCUT2D eigenvalue weighted by atomic mass is 35.5. The number of alkyl halides is 2. The fraction of sp³-hybridized carbons (Fsp3) is 0.500. The molecule has 1 fully saturated rings. The molecule has 2 rings (SSSR count). The first-order valence-electron chi connectivity index (χ1n) is 6.64. The van der Waals surface area contributed by atoms with Crippen molar-refractivity contribution in [3.63, 3.8) is 0 Å². The van der Waals surface area contributed by atoms with Gasteiger partial charge in [-0.3, -0.25) is 4.79 Å². The van der Waals surface area contributed by atoms with E-state index in [9.17, 15) is 13.6 Å². The van der Waals surface area contributed by atoms with Gasteiger partial charge in [0.15, 0.2) is 0 Å². The molecule has 0 heterocycles. The third-order valence-corrected chi connectivity index (χ3v) is 4.25. The van der Waals surface area contributed by atoms with Crippen molar-refractivity contribution in [3.05, 3.63) is 23.2 Å². The highest BCUT2D eigenvalue weighted by Crippen LogP contribution is 2.38. The molecule has 0 saturated heterocycles. The van der Waals surface area contributed by atoms with Crippen LogP contribution in [0.5, 0.6) is 5.75 Å². The fourth-order valence-electron chi connectivity index (χ4n) is 2.52. The molecule has 1 aliphatic rings. The second-order valence-electron chi connectivity index (χ2n) is 5.39. The maximum Gasteiger partial charge on any atom is 0.387 e. The van der Waals surface area contributed by atoms with Crippen LogP contribution in [0.3, 0.4) is 0 Å². The lowest BCUT2D eigenvalue weighted by molar-refractivity contribution is -0.125. The third-order valence-electron chi connectivity index (χ3n) is 3.95. The highest BCUT2D eigenvalue weighted by Gasteiger charge is 2.42. The molecule has 21 heavy (non-hydrogen) atoms. The number of nitrogens with one attached hydrogen (secondary N) is 1. The van der Waals surface area contributed by atoms with Crippen LogP contribution >= 0.6 is 11.6 Å². The van der Waals surface area contributed by atoms with E-state index in [1.807, 2.05) is 6.92 Å². The third kappa shape index (κ3) is 3.44. The number of halogens is 3. The molecule has 0 radical (unpaired) electrons. The van der Waals surface area contributed by atoms with Gasteiger partial charge in [-0.25, -0.2) is 0 Å². The predicted octanol–water partition coefficient (Wildman–Crippen LogP) is 3.40. The summed E-state index contributed by atoms with van der Waals surface area (Å²) in [4.78, 5) is 12.3. The summed E-state index contributed by atoms with van der Waals surface area (Å²) >= 11 is 5.85. The number of ether oxygens (including phenoxy) is 1. The summed E-state index contributed by atoms with van der Waals surface area (Å²) in [6.45, 7) is -1.12. The van der Waals surface area contributed by atoms with E-state index in [2.05, 4.69) is 10.1 Å². The van der Waals surface area contributed by atoms with Crippen molar-refractivity contribution in [2.24, 2.45) is 11.1 Å². The van der Waals surface area contributed by atoms with Gasteiger partial charge in [-0.15, -0.1) is 0 Å². The lowest BCUT2D eigenvalue weighted by atomic mass is 9.84. The lowest BCUT2D eigenvalue weighted by Crippen LogP contribution is -2.44. The summed E-state index contributed by atoms with van der Waals surface area (Å²) in [5, 5.41) is 2.74. The van der Waals surface area contributed by atoms with Crippen molar-refractivity contribution in [2.75, 3.05) is 5.32 Å². The zero-order chi connectivity index (χ0) is 15.6. The lowest BCUT2D eigenvalue weighted by Gasteiger charge is -2.27. The first-order valence-corrected chi connectivity index (χ1v) is 7.02. The topological polar surface area (TPSA) is 64.3 Å². The summed E-state index contributed by atoms with van der Waals surface area (Å²) in [6.07, 6.45) is 2.44. The molecule has 1 aromatic rings. The molecular weight excluding hydrogens is 302 g/mol. The SMILES string of the molecule is CC1(C(=O)Nc2ccc(OC(F)F)c(Cl)c2)CCCC1N. The van der Waals surface area contributed by atoms with Crippen LogP contribution in [-0.4, -0.2) is 18.6 Å². The van der Waals surface area contributed by atoms with Crippen LogP contribution in [0.25, 0.3) is 0 Å². The van der Waals surface area contributed by atoms with Gasteiger partial charge in [-0.1, -0.05) is 18.0 Å². The number of nitrogens with two attached hydrogens (primary N) is 1. The summed E-state index contributed by atoms with van der Waals surface area (Å²) in [5.41, 5.74) is 5.79. The Bertz CT molecular complexity index is 542. The molecule has 0 aromatic heterocycles. The van der Waals surface area contributed by atoms with E-state index in [4.69, 9.17) is 17.3 Å². The fourth-order valence-corrected chi connectivity index (χ4v) is 2.74. The van der Waals surface area contributed by atoms with Crippen LogP contribution in [0.1, 0.15) is 26.2 Å². The van der Waals surface area contributed by atoms with Gasteiger partial charge in [-0.05, 0) is 38.0 Å². The Morgan fingerprint density at radius 2 is 2.29 bits per heavy atom. The van der Waals surface area contributed by atoms with E-state index in [-0.39, 0.29) is 22.7 Å². The van der Waals surface area contributed by atoms with Crippen LogP contribution in [0, 0.1) is 5.41 Å². The van der Waals surface area contributed by atoms with Crippen LogP contribution < -0.4 is 15.8 Å². The van der Waals surface area contributed by atoms with E-state index >= 15 is 0 Å². The maximum absolute atomic E-state index is 12.3. The Labute approximate surface area is 126 Å².